The van der Waals surface area contributed by atoms with Crippen molar-refractivity contribution in [3.05, 3.63) is 24.7 Å². The molecule has 0 unspecified atom stereocenters. The van der Waals surface area contributed by atoms with E-state index >= 15 is 0 Å². The van der Waals surface area contributed by atoms with E-state index in [4.69, 9.17) is 4.74 Å². The molecule has 0 saturated carbocycles. The SMILES string of the molecule is C=C1OC=CC1=NCC. The average Bonchev–Trinajstić information content (AvgIpc) is 2.18. The van der Waals surface area contributed by atoms with Gasteiger partial charge in [0.05, 0.1) is 6.26 Å². The highest BCUT2D eigenvalue weighted by atomic mass is 16.5. The maximum Gasteiger partial charge on any atom is 0.144 e. The Morgan fingerprint density at radius 1 is 1.78 bits per heavy atom. The topological polar surface area (TPSA) is 21.6 Å². The monoisotopic (exact) mass is 123 g/mol. The van der Waals surface area contributed by atoms with Gasteiger partial charge in [-0.25, -0.2) is 0 Å². The molecule has 1 aliphatic rings. The number of hydrogen-bond donors (Lipinski definition) is 0. The summed E-state index contributed by atoms with van der Waals surface area (Å²) in [7, 11) is 0. The van der Waals surface area contributed by atoms with Crippen LogP contribution in [0.5, 0.6) is 0 Å². The number of nitrogens with zero attached hydrogens (tertiary/aromatic N) is 1. The molecule has 1 aliphatic heterocycles. The minimum Gasteiger partial charge on any atom is -0.463 e. The second kappa shape index (κ2) is 2.49. The standard InChI is InChI=1S/C7H9NO/c1-3-8-7-4-5-9-6(7)2/h4-5H,2-3H2,1H3. The van der Waals surface area contributed by atoms with Gasteiger partial charge in [0.1, 0.15) is 11.5 Å². The molecule has 0 aromatic rings. The summed E-state index contributed by atoms with van der Waals surface area (Å²) in [6.07, 6.45) is 3.41. The third-order valence-electron chi connectivity index (χ3n) is 1.05. The first-order valence-electron chi connectivity index (χ1n) is 2.91. The van der Waals surface area contributed by atoms with E-state index < -0.39 is 0 Å². The van der Waals surface area contributed by atoms with Crippen LogP contribution < -0.4 is 0 Å². The lowest BCUT2D eigenvalue weighted by Gasteiger charge is -1.93. The Labute approximate surface area is 54.6 Å². The van der Waals surface area contributed by atoms with E-state index in [2.05, 4.69) is 11.6 Å². The van der Waals surface area contributed by atoms with Crippen molar-refractivity contribution >= 4 is 5.71 Å². The van der Waals surface area contributed by atoms with E-state index in [1.165, 1.54) is 0 Å². The smallest absolute Gasteiger partial charge is 0.144 e. The second-order valence-corrected chi connectivity index (χ2v) is 1.70. The van der Waals surface area contributed by atoms with Crippen LogP contribution in [-0.4, -0.2) is 12.3 Å². The van der Waals surface area contributed by atoms with E-state index in [1.807, 2.05) is 13.0 Å². The van der Waals surface area contributed by atoms with Crippen molar-refractivity contribution in [1.29, 1.82) is 0 Å². The van der Waals surface area contributed by atoms with Crippen LogP contribution in [-0.2, 0) is 4.74 Å². The minimum absolute atomic E-state index is 0.650. The van der Waals surface area contributed by atoms with Gasteiger partial charge in [-0.1, -0.05) is 6.58 Å². The predicted molar refractivity (Wildman–Crippen MR) is 37.3 cm³/mol. The van der Waals surface area contributed by atoms with Gasteiger partial charge in [0, 0.05) is 12.6 Å². The molecule has 1 heterocycles. The van der Waals surface area contributed by atoms with Gasteiger partial charge in [0.15, 0.2) is 0 Å². The lowest BCUT2D eigenvalue weighted by Crippen LogP contribution is -1.92. The highest BCUT2D eigenvalue weighted by Crippen LogP contribution is 2.07. The Balaban J connectivity index is 2.70. The fourth-order valence-corrected chi connectivity index (χ4v) is 0.645. The summed E-state index contributed by atoms with van der Waals surface area (Å²) in [4.78, 5) is 4.11. The molecule has 0 aromatic heterocycles. The lowest BCUT2D eigenvalue weighted by molar-refractivity contribution is 0.391. The third-order valence-corrected chi connectivity index (χ3v) is 1.05. The predicted octanol–water partition coefficient (Wildman–Crippen LogP) is 1.50. The molecule has 0 radical (unpaired) electrons. The molecule has 0 aromatic carbocycles. The zero-order chi connectivity index (χ0) is 6.69. The number of ether oxygens (including phenoxy) is 1. The number of rotatable bonds is 1. The number of hydrogen-bond acceptors (Lipinski definition) is 2. The normalized spacial score (nSPS) is 21.0. The van der Waals surface area contributed by atoms with Crippen LogP contribution in [0.25, 0.3) is 0 Å². The van der Waals surface area contributed by atoms with Crippen molar-refractivity contribution in [1.82, 2.24) is 0 Å². The van der Waals surface area contributed by atoms with Crippen LogP contribution >= 0.6 is 0 Å². The van der Waals surface area contributed by atoms with Crippen LogP contribution in [0.3, 0.4) is 0 Å². The molecule has 48 valence electrons. The molecule has 2 heteroatoms. The molecule has 0 N–H and O–H groups in total. The largest absolute Gasteiger partial charge is 0.463 e. The van der Waals surface area contributed by atoms with E-state index in [0.29, 0.717) is 5.76 Å². The molecule has 0 amide bonds. The Hall–Kier alpha value is -1.05. The molecule has 0 spiro atoms. The number of allylic oxidation sites excluding steroid dienone is 1. The fraction of sp³-hybridized carbons (Fsp3) is 0.286. The maximum atomic E-state index is 4.91. The molecular formula is C7H9NO. The van der Waals surface area contributed by atoms with Crippen LogP contribution in [0.4, 0.5) is 0 Å². The van der Waals surface area contributed by atoms with Crippen molar-refractivity contribution < 1.29 is 4.74 Å². The highest BCUT2D eigenvalue weighted by molar-refractivity contribution is 6.08. The van der Waals surface area contributed by atoms with E-state index in [0.717, 1.165) is 12.3 Å². The zero-order valence-corrected chi connectivity index (χ0v) is 5.42. The third kappa shape index (κ3) is 1.19. The quantitative estimate of drug-likeness (QED) is 0.517. The number of aliphatic imine (C=N–C) groups is 1. The Morgan fingerprint density at radius 2 is 2.56 bits per heavy atom. The van der Waals surface area contributed by atoms with Gasteiger partial charge in [-0.2, -0.15) is 0 Å². The first kappa shape index (κ1) is 6.08. The molecule has 0 fully saturated rings. The molecular weight excluding hydrogens is 114 g/mol. The summed E-state index contributed by atoms with van der Waals surface area (Å²) in [6, 6.07) is 0. The van der Waals surface area contributed by atoms with Gasteiger partial charge in [-0.15, -0.1) is 0 Å². The van der Waals surface area contributed by atoms with Crippen molar-refractivity contribution in [2.24, 2.45) is 4.99 Å². The molecule has 9 heavy (non-hydrogen) atoms. The van der Waals surface area contributed by atoms with Gasteiger partial charge >= 0.3 is 0 Å². The summed E-state index contributed by atoms with van der Waals surface area (Å²) >= 11 is 0. The van der Waals surface area contributed by atoms with Gasteiger partial charge in [0.2, 0.25) is 0 Å². The summed E-state index contributed by atoms with van der Waals surface area (Å²) in [6.45, 7) is 6.40. The summed E-state index contributed by atoms with van der Waals surface area (Å²) in [5.74, 6) is 0.650. The van der Waals surface area contributed by atoms with Crippen molar-refractivity contribution in [2.75, 3.05) is 6.54 Å². The van der Waals surface area contributed by atoms with Crippen LogP contribution in [0, 0.1) is 0 Å². The second-order valence-electron chi connectivity index (χ2n) is 1.70. The van der Waals surface area contributed by atoms with Gasteiger partial charge in [-0.05, 0) is 6.92 Å². The van der Waals surface area contributed by atoms with Crippen LogP contribution in [0.1, 0.15) is 6.92 Å². The van der Waals surface area contributed by atoms with Gasteiger partial charge < -0.3 is 4.74 Å². The van der Waals surface area contributed by atoms with Gasteiger partial charge in [-0.3, -0.25) is 4.99 Å². The van der Waals surface area contributed by atoms with Crippen molar-refractivity contribution in [3.63, 3.8) is 0 Å². The molecule has 0 atom stereocenters. The Kier molecular flexibility index (Phi) is 1.68. The first-order chi connectivity index (χ1) is 4.34. The van der Waals surface area contributed by atoms with Crippen molar-refractivity contribution in [2.45, 2.75) is 6.92 Å². The summed E-state index contributed by atoms with van der Waals surface area (Å²) in [5, 5.41) is 0. The molecule has 0 saturated heterocycles. The maximum absolute atomic E-state index is 4.91. The molecule has 1 rings (SSSR count). The molecule has 0 bridgehead atoms. The van der Waals surface area contributed by atoms with E-state index in [9.17, 15) is 0 Å². The Bertz CT molecular complexity index is 179. The Morgan fingerprint density at radius 3 is 3.00 bits per heavy atom. The highest BCUT2D eigenvalue weighted by Gasteiger charge is 2.05. The first-order valence-corrected chi connectivity index (χ1v) is 2.91. The van der Waals surface area contributed by atoms with E-state index in [1.54, 1.807) is 6.26 Å². The van der Waals surface area contributed by atoms with E-state index in [-0.39, 0.29) is 0 Å². The summed E-state index contributed by atoms with van der Waals surface area (Å²) in [5.41, 5.74) is 0.859. The minimum atomic E-state index is 0.650. The molecule has 2 nitrogen and oxygen atoms in total. The van der Waals surface area contributed by atoms with Gasteiger partial charge in [0.25, 0.3) is 0 Å². The molecule has 0 aliphatic carbocycles. The van der Waals surface area contributed by atoms with Crippen LogP contribution in [0.2, 0.25) is 0 Å². The lowest BCUT2D eigenvalue weighted by atomic mass is 10.3. The van der Waals surface area contributed by atoms with Crippen LogP contribution in [0.15, 0.2) is 29.7 Å². The average molecular weight is 123 g/mol. The van der Waals surface area contributed by atoms with Crippen molar-refractivity contribution in [3.8, 4) is 0 Å². The zero-order valence-electron chi connectivity index (χ0n) is 5.42. The fourth-order valence-electron chi connectivity index (χ4n) is 0.645. The summed E-state index contributed by atoms with van der Waals surface area (Å²) < 4.78 is 4.91.